The number of para-hydroxylation sites is 4. The number of hydrogen-bond donors (Lipinski definition) is 2. The zero-order chi connectivity index (χ0) is 15.3. The maximum Gasteiger partial charge on any atom is 0.272 e. The van der Waals surface area contributed by atoms with Crippen molar-refractivity contribution in [3.05, 3.63) is 70.9 Å². The highest BCUT2D eigenvalue weighted by Crippen LogP contribution is 2.48. The molecule has 2 aromatic carbocycles. The molecule has 0 radical (unpaired) electrons. The summed E-state index contributed by atoms with van der Waals surface area (Å²) in [7, 11) is 0. The number of anilines is 2. The molecule has 2 atom stereocenters. The van der Waals surface area contributed by atoms with Crippen LogP contribution in [0.4, 0.5) is 11.4 Å². The van der Waals surface area contributed by atoms with E-state index in [1.807, 2.05) is 60.0 Å². The van der Waals surface area contributed by atoms with Gasteiger partial charge in [-0.15, -0.1) is 11.3 Å². The Bertz CT molecular complexity index is 813. The second-order valence-corrected chi connectivity index (χ2v) is 6.52. The Morgan fingerprint density at radius 1 is 0.870 bits per heavy atom. The van der Waals surface area contributed by atoms with Gasteiger partial charge >= 0.3 is 0 Å². The molecule has 5 rings (SSSR count). The van der Waals surface area contributed by atoms with E-state index >= 15 is 0 Å². The molecule has 1 aromatic heterocycles. The average Bonchev–Trinajstić information content (AvgIpc) is 3.31. The lowest BCUT2D eigenvalue weighted by atomic mass is 10.1. The third-order valence-electron chi connectivity index (χ3n) is 4.15. The van der Waals surface area contributed by atoms with Crippen LogP contribution in [0.5, 0.6) is 11.5 Å². The Morgan fingerprint density at radius 3 is 2.39 bits per heavy atom. The molecule has 2 unspecified atom stereocenters. The Labute approximate surface area is 137 Å². The lowest BCUT2D eigenvalue weighted by molar-refractivity contribution is 0.0140. The molecule has 3 aromatic rings. The SMILES string of the molecule is c1csc(C2(C3Nc4ccccc4O3)Nc3ccccc3O2)c1. The largest absolute Gasteiger partial charge is 0.462 e. The molecule has 0 fully saturated rings. The topological polar surface area (TPSA) is 42.5 Å². The van der Waals surface area contributed by atoms with Crippen LogP contribution in [0.3, 0.4) is 0 Å². The van der Waals surface area contributed by atoms with E-state index in [9.17, 15) is 0 Å². The highest BCUT2D eigenvalue weighted by atomic mass is 32.1. The Morgan fingerprint density at radius 2 is 1.65 bits per heavy atom. The molecule has 0 saturated heterocycles. The molecule has 2 N–H and O–H groups in total. The summed E-state index contributed by atoms with van der Waals surface area (Å²) in [4.78, 5) is 1.07. The fourth-order valence-electron chi connectivity index (χ4n) is 3.08. The van der Waals surface area contributed by atoms with Crippen molar-refractivity contribution in [2.24, 2.45) is 0 Å². The molecule has 23 heavy (non-hydrogen) atoms. The number of hydrogen-bond acceptors (Lipinski definition) is 5. The van der Waals surface area contributed by atoms with Crippen LogP contribution in [0.2, 0.25) is 0 Å². The summed E-state index contributed by atoms with van der Waals surface area (Å²) in [6.07, 6.45) is -0.356. The first kappa shape index (κ1) is 12.8. The molecular formula is C18H14N2O2S. The summed E-state index contributed by atoms with van der Waals surface area (Å²) in [5.74, 6) is 1.68. The van der Waals surface area contributed by atoms with Crippen LogP contribution in [-0.4, -0.2) is 6.23 Å². The van der Waals surface area contributed by atoms with Crippen molar-refractivity contribution in [3.63, 3.8) is 0 Å². The lowest BCUT2D eigenvalue weighted by Gasteiger charge is -2.33. The van der Waals surface area contributed by atoms with Gasteiger partial charge in [-0.2, -0.15) is 0 Å². The first-order valence-electron chi connectivity index (χ1n) is 7.48. The maximum atomic E-state index is 6.37. The summed E-state index contributed by atoms with van der Waals surface area (Å²) in [5, 5.41) is 9.01. The van der Waals surface area contributed by atoms with Crippen molar-refractivity contribution < 1.29 is 9.47 Å². The van der Waals surface area contributed by atoms with Crippen molar-refractivity contribution in [2.75, 3.05) is 10.6 Å². The van der Waals surface area contributed by atoms with Crippen LogP contribution >= 0.6 is 11.3 Å². The van der Waals surface area contributed by atoms with Crippen LogP contribution in [-0.2, 0) is 5.72 Å². The predicted molar refractivity (Wildman–Crippen MR) is 91.2 cm³/mol. The number of rotatable bonds is 2. The van der Waals surface area contributed by atoms with Gasteiger partial charge in [-0.25, -0.2) is 0 Å². The van der Waals surface area contributed by atoms with E-state index in [1.165, 1.54) is 0 Å². The molecule has 0 bridgehead atoms. The van der Waals surface area contributed by atoms with Gasteiger partial charge in [-0.1, -0.05) is 30.3 Å². The van der Waals surface area contributed by atoms with Gasteiger partial charge in [0.15, 0.2) is 0 Å². The van der Waals surface area contributed by atoms with Gasteiger partial charge in [0.1, 0.15) is 11.5 Å². The standard InChI is InChI=1S/C18H14N2O2S/c1-3-8-14-12(6-1)19-17(21-14)18(16-10-5-11-23-16)20-13-7-2-4-9-15(13)22-18/h1-11,17,19-20H. The quantitative estimate of drug-likeness (QED) is 0.741. The van der Waals surface area contributed by atoms with E-state index in [0.717, 1.165) is 27.8 Å². The normalized spacial score (nSPS) is 23.9. The van der Waals surface area contributed by atoms with E-state index in [2.05, 4.69) is 16.7 Å². The summed E-state index contributed by atoms with van der Waals surface area (Å²) in [6.45, 7) is 0. The van der Waals surface area contributed by atoms with E-state index in [-0.39, 0.29) is 6.23 Å². The van der Waals surface area contributed by atoms with E-state index in [1.54, 1.807) is 11.3 Å². The second-order valence-electron chi connectivity index (χ2n) is 5.57. The zero-order valence-corrected chi connectivity index (χ0v) is 13.0. The van der Waals surface area contributed by atoms with Crippen molar-refractivity contribution >= 4 is 22.7 Å². The van der Waals surface area contributed by atoms with Gasteiger partial charge in [0.05, 0.1) is 16.3 Å². The molecule has 5 heteroatoms. The molecule has 4 nitrogen and oxygen atoms in total. The number of benzene rings is 2. The number of nitrogens with one attached hydrogen (secondary N) is 2. The van der Waals surface area contributed by atoms with E-state index < -0.39 is 5.72 Å². The van der Waals surface area contributed by atoms with Gasteiger partial charge < -0.3 is 20.1 Å². The summed E-state index contributed by atoms with van der Waals surface area (Å²) in [6, 6.07) is 20.0. The third-order valence-corrected chi connectivity index (χ3v) is 5.14. The minimum absolute atomic E-state index is 0.356. The number of thiophene rings is 1. The molecule has 114 valence electrons. The molecule has 0 aliphatic carbocycles. The molecule has 0 amide bonds. The Hall–Kier alpha value is -2.66. The van der Waals surface area contributed by atoms with Gasteiger partial charge in [-0.3, -0.25) is 0 Å². The van der Waals surface area contributed by atoms with Gasteiger partial charge in [0, 0.05) is 0 Å². The van der Waals surface area contributed by atoms with Crippen molar-refractivity contribution in [1.82, 2.24) is 0 Å². The van der Waals surface area contributed by atoms with E-state index in [4.69, 9.17) is 9.47 Å². The van der Waals surface area contributed by atoms with Crippen LogP contribution in [0.1, 0.15) is 4.88 Å². The minimum atomic E-state index is -0.781. The fraction of sp³-hybridized carbons (Fsp3) is 0.111. The third kappa shape index (κ3) is 1.83. The lowest BCUT2D eigenvalue weighted by Crippen LogP contribution is -2.52. The van der Waals surface area contributed by atoms with Gasteiger partial charge in [0.2, 0.25) is 6.23 Å². The van der Waals surface area contributed by atoms with Crippen LogP contribution in [0.15, 0.2) is 66.0 Å². The molecule has 2 aliphatic heterocycles. The molecule has 0 saturated carbocycles. The molecule has 3 heterocycles. The Kier molecular flexibility index (Phi) is 2.60. The van der Waals surface area contributed by atoms with Crippen LogP contribution in [0, 0.1) is 0 Å². The maximum absolute atomic E-state index is 6.37. The molecular weight excluding hydrogens is 308 g/mol. The van der Waals surface area contributed by atoms with Crippen molar-refractivity contribution in [2.45, 2.75) is 12.0 Å². The minimum Gasteiger partial charge on any atom is -0.462 e. The van der Waals surface area contributed by atoms with Crippen LogP contribution in [0.25, 0.3) is 0 Å². The number of ether oxygens (including phenoxy) is 2. The number of fused-ring (bicyclic) bond motifs is 2. The van der Waals surface area contributed by atoms with Gasteiger partial charge in [0.25, 0.3) is 5.72 Å². The summed E-state index contributed by atoms with van der Waals surface area (Å²) < 4.78 is 12.5. The fourth-order valence-corrected chi connectivity index (χ4v) is 3.91. The molecule has 2 aliphatic rings. The summed E-state index contributed by atoms with van der Waals surface area (Å²) in [5.41, 5.74) is 1.17. The first-order chi connectivity index (χ1) is 11.4. The predicted octanol–water partition coefficient (Wildman–Crippen LogP) is 4.24. The van der Waals surface area contributed by atoms with Crippen molar-refractivity contribution in [1.29, 1.82) is 0 Å². The monoisotopic (exact) mass is 322 g/mol. The smallest absolute Gasteiger partial charge is 0.272 e. The zero-order valence-electron chi connectivity index (χ0n) is 12.2. The van der Waals surface area contributed by atoms with E-state index in [0.29, 0.717) is 0 Å². The second kappa shape index (κ2) is 4.67. The first-order valence-corrected chi connectivity index (χ1v) is 8.35. The Balaban J connectivity index is 1.59. The van der Waals surface area contributed by atoms with Crippen molar-refractivity contribution in [3.8, 4) is 11.5 Å². The molecule has 0 spiro atoms. The van der Waals surface area contributed by atoms with Gasteiger partial charge in [-0.05, 0) is 35.7 Å². The summed E-state index contributed by atoms with van der Waals surface area (Å²) >= 11 is 1.65. The average molecular weight is 322 g/mol. The highest BCUT2D eigenvalue weighted by molar-refractivity contribution is 7.10. The highest BCUT2D eigenvalue weighted by Gasteiger charge is 2.52. The van der Waals surface area contributed by atoms with Crippen LogP contribution < -0.4 is 20.1 Å².